The van der Waals surface area contributed by atoms with Crippen molar-refractivity contribution in [3.8, 4) is 11.4 Å². The van der Waals surface area contributed by atoms with Gasteiger partial charge in [-0.25, -0.2) is 9.97 Å². The molecule has 27 heavy (non-hydrogen) atoms. The smallest absolute Gasteiger partial charge is 0.163 e. The molecule has 1 fully saturated rings. The molecule has 6 heteroatoms. The Morgan fingerprint density at radius 2 is 2.30 bits per heavy atom. The number of nitrogens with one attached hydrogen (secondary N) is 1. The summed E-state index contributed by atoms with van der Waals surface area (Å²) in [5.74, 6) is 2.03. The number of anilines is 1. The Bertz CT molecular complexity index is 792. The molecule has 6 nitrogen and oxygen atoms in total. The lowest BCUT2D eigenvalue weighted by Gasteiger charge is -2.33. The molecule has 0 unspecified atom stereocenters. The van der Waals surface area contributed by atoms with Gasteiger partial charge in [-0.3, -0.25) is 9.88 Å². The number of likely N-dealkylation sites (tertiary alicyclic amines) is 1. The first kappa shape index (κ1) is 18.1. The number of ether oxygens (including phenoxy) is 1. The Hall–Kier alpha value is -2.31. The largest absolute Gasteiger partial charge is 0.377 e. The summed E-state index contributed by atoms with van der Waals surface area (Å²) in [6.45, 7) is 4.83. The Morgan fingerprint density at radius 1 is 1.33 bits per heavy atom. The minimum atomic E-state index is 0.425. The molecule has 142 valence electrons. The molecule has 2 aromatic rings. The monoisotopic (exact) mass is 365 g/mol. The predicted molar refractivity (Wildman–Crippen MR) is 107 cm³/mol. The number of nitrogens with zero attached hydrogens (tertiary/aromatic N) is 4. The Balaban J connectivity index is 1.54. The standard InChI is InChI=1S/C21H27N5O/c1-22-20-11-19(24-21(25-20)17-6-2-8-23-12-17)18-7-3-9-26(14-18)13-16-5-4-10-27-15-16/h2,5-6,8,11-12,18H,3-4,7,9-10,13-15H2,1H3,(H,22,24,25)/t18-/m0/s1. The minimum Gasteiger partial charge on any atom is -0.377 e. The normalized spacial score (nSPS) is 20.9. The maximum absolute atomic E-state index is 5.60. The second kappa shape index (κ2) is 8.59. The van der Waals surface area contributed by atoms with Crippen LogP contribution in [0.5, 0.6) is 0 Å². The lowest BCUT2D eigenvalue weighted by Crippen LogP contribution is -2.37. The van der Waals surface area contributed by atoms with Gasteiger partial charge in [0.15, 0.2) is 5.82 Å². The SMILES string of the molecule is CNc1cc([C@H]2CCCN(CC3=CCCOC3)C2)nc(-c2cccnc2)n1. The van der Waals surface area contributed by atoms with E-state index in [-0.39, 0.29) is 0 Å². The maximum atomic E-state index is 5.60. The van der Waals surface area contributed by atoms with Gasteiger partial charge in [-0.2, -0.15) is 0 Å². The average Bonchev–Trinajstić information content (AvgIpc) is 2.75. The van der Waals surface area contributed by atoms with Gasteiger partial charge in [0.05, 0.1) is 18.9 Å². The van der Waals surface area contributed by atoms with Gasteiger partial charge in [0.2, 0.25) is 0 Å². The number of aromatic nitrogens is 3. The molecule has 2 aliphatic heterocycles. The van der Waals surface area contributed by atoms with Crippen LogP contribution in [-0.2, 0) is 4.74 Å². The molecule has 2 aromatic heterocycles. The summed E-state index contributed by atoms with van der Waals surface area (Å²) in [7, 11) is 1.90. The zero-order valence-corrected chi connectivity index (χ0v) is 15.9. The topological polar surface area (TPSA) is 63.2 Å². The molecule has 0 amide bonds. The first-order valence-corrected chi connectivity index (χ1v) is 9.77. The summed E-state index contributed by atoms with van der Waals surface area (Å²) in [4.78, 5) is 16.3. The van der Waals surface area contributed by atoms with E-state index in [1.165, 1.54) is 18.4 Å². The van der Waals surface area contributed by atoms with Gasteiger partial charge in [0, 0.05) is 50.1 Å². The zero-order chi connectivity index (χ0) is 18.5. The van der Waals surface area contributed by atoms with E-state index in [9.17, 15) is 0 Å². The van der Waals surface area contributed by atoms with Crippen molar-refractivity contribution in [2.24, 2.45) is 0 Å². The molecule has 0 aliphatic carbocycles. The highest BCUT2D eigenvalue weighted by Gasteiger charge is 2.24. The Kier molecular flexibility index (Phi) is 5.75. The highest BCUT2D eigenvalue weighted by molar-refractivity contribution is 5.56. The number of piperidine rings is 1. The van der Waals surface area contributed by atoms with Gasteiger partial charge in [-0.05, 0) is 43.5 Å². The predicted octanol–water partition coefficient (Wildman–Crippen LogP) is 3.11. The van der Waals surface area contributed by atoms with Crippen LogP contribution in [0.3, 0.4) is 0 Å². The second-order valence-corrected chi connectivity index (χ2v) is 7.27. The third kappa shape index (κ3) is 4.51. The van der Waals surface area contributed by atoms with Crippen LogP contribution in [0.2, 0.25) is 0 Å². The Morgan fingerprint density at radius 3 is 3.07 bits per heavy atom. The third-order valence-electron chi connectivity index (χ3n) is 5.25. The Labute approximate surface area is 160 Å². The van der Waals surface area contributed by atoms with Gasteiger partial charge < -0.3 is 10.1 Å². The summed E-state index contributed by atoms with van der Waals surface area (Å²) < 4.78 is 5.60. The fraction of sp³-hybridized carbons (Fsp3) is 0.476. The summed E-state index contributed by atoms with van der Waals surface area (Å²) in [6.07, 6.45) is 9.34. The molecule has 1 atom stereocenters. The molecule has 4 rings (SSSR count). The van der Waals surface area contributed by atoms with Gasteiger partial charge in [-0.15, -0.1) is 0 Å². The highest BCUT2D eigenvalue weighted by atomic mass is 16.5. The molecular formula is C21H27N5O. The van der Waals surface area contributed by atoms with Crippen molar-refractivity contribution in [3.63, 3.8) is 0 Å². The molecule has 0 bridgehead atoms. The van der Waals surface area contributed by atoms with Crippen LogP contribution >= 0.6 is 0 Å². The van der Waals surface area contributed by atoms with E-state index >= 15 is 0 Å². The van der Waals surface area contributed by atoms with Gasteiger partial charge >= 0.3 is 0 Å². The molecule has 0 radical (unpaired) electrons. The zero-order valence-electron chi connectivity index (χ0n) is 15.9. The van der Waals surface area contributed by atoms with E-state index in [1.54, 1.807) is 6.20 Å². The van der Waals surface area contributed by atoms with Crippen LogP contribution in [0.25, 0.3) is 11.4 Å². The summed E-state index contributed by atoms with van der Waals surface area (Å²) >= 11 is 0. The van der Waals surface area contributed by atoms with Crippen molar-refractivity contribution >= 4 is 5.82 Å². The molecule has 4 heterocycles. The molecule has 2 aliphatic rings. The van der Waals surface area contributed by atoms with Crippen LogP contribution in [0.1, 0.15) is 30.9 Å². The van der Waals surface area contributed by atoms with Crippen molar-refractivity contribution in [1.82, 2.24) is 19.9 Å². The fourth-order valence-electron chi connectivity index (χ4n) is 3.87. The van der Waals surface area contributed by atoms with Gasteiger partial charge in [0.1, 0.15) is 5.82 Å². The first-order valence-electron chi connectivity index (χ1n) is 9.77. The van der Waals surface area contributed by atoms with Crippen molar-refractivity contribution in [2.75, 3.05) is 45.2 Å². The highest BCUT2D eigenvalue weighted by Crippen LogP contribution is 2.29. The number of hydrogen-bond acceptors (Lipinski definition) is 6. The van der Waals surface area contributed by atoms with Crippen LogP contribution in [-0.4, -0.2) is 59.7 Å². The second-order valence-electron chi connectivity index (χ2n) is 7.27. The van der Waals surface area contributed by atoms with E-state index in [2.05, 4.69) is 32.3 Å². The van der Waals surface area contributed by atoms with Crippen molar-refractivity contribution in [1.29, 1.82) is 0 Å². The van der Waals surface area contributed by atoms with Gasteiger partial charge in [-0.1, -0.05) is 6.08 Å². The molecule has 0 saturated carbocycles. The lowest BCUT2D eigenvalue weighted by atomic mass is 9.93. The summed E-state index contributed by atoms with van der Waals surface area (Å²) in [5.41, 5.74) is 3.48. The fourth-order valence-corrected chi connectivity index (χ4v) is 3.87. The number of hydrogen-bond donors (Lipinski definition) is 1. The van der Waals surface area contributed by atoms with Crippen LogP contribution in [0, 0.1) is 0 Å². The van der Waals surface area contributed by atoms with Crippen LogP contribution in [0.15, 0.2) is 42.2 Å². The van der Waals surface area contributed by atoms with Crippen molar-refractivity contribution < 1.29 is 4.74 Å². The summed E-state index contributed by atoms with van der Waals surface area (Å²) in [6, 6.07) is 6.03. The third-order valence-corrected chi connectivity index (χ3v) is 5.25. The van der Waals surface area contributed by atoms with Gasteiger partial charge in [0.25, 0.3) is 0 Å². The van der Waals surface area contributed by atoms with Crippen LogP contribution < -0.4 is 5.32 Å². The maximum Gasteiger partial charge on any atom is 0.163 e. The quantitative estimate of drug-likeness (QED) is 0.822. The molecular weight excluding hydrogens is 338 g/mol. The first-order chi connectivity index (χ1) is 13.3. The number of rotatable bonds is 5. The molecule has 0 aromatic carbocycles. The summed E-state index contributed by atoms with van der Waals surface area (Å²) in [5, 5.41) is 3.18. The minimum absolute atomic E-state index is 0.425. The molecule has 1 N–H and O–H groups in total. The van der Waals surface area contributed by atoms with E-state index in [1.807, 2.05) is 25.4 Å². The van der Waals surface area contributed by atoms with Crippen molar-refractivity contribution in [2.45, 2.75) is 25.2 Å². The van der Waals surface area contributed by atoms with Crippen LogP contribution in [0.4, 0.5) is 5.82 Å². The molecule has 0 spiro atoms. The number of pyridine rings is 1. The van der Waals surface area contributed by atoms with E-state index < -0.39 is 0 Å². The lowest BCUT2D eigenvalue weighted by molar-refractivity contribution is 0.137. The van der Waals surface area contributed by atoms with Crippen molar-refractivity contribution in [3.05, 3.63) is 47.9 Å². The van der Waals surface area contributed by atoms with E-state index in [4.69, 9.17) is 9.72 Å². The van der Waals surface area contributed by atoms with E-state index in [0.29, 0.717) is 5.92 Å². The molecule has 1 saturated heterocycles. The average molecular weight is 365 g/mol. The van der Waals surface area contributed by atoms with E-state index in [0.717, 1.165) is 62.2 Å².